The predicted octanol–water partition coefficient (Wildman–Crippen LogP) is 2.68. The van der Waals surface area contributed by atoms with Gasteiger partial charge >= 0.3 is 0 Å². The molecule has 2 aromatic rings. The second kappa shape index (κ2) is 5.12. The highest BCUT2D eigenvalue weighted by molar-refractivity contribution is 5.99. The molecule has 0 radical (unpaired) electrons. The third kappa shape index (κ3) is 2.74. The van der Waals surface area contributed by atoms with E-state index in [0.29, 0.717) is 5.56 Å². The van der Waals surface area contributed by atoms with Crippen molar-refractivity contribution in [2.45, 2.75) is 39.8 Å². The Kier molecular flexibility index (Phi) is 3.66. The molecule has 1 amide bonds. The maximum atomic E-state index is 12.1. The minimum atomic E-state index is -0.262. The maximum absolute atomic E-state index is 12.1. The number of aldehydes is 1. The number of carbonyl (C=O) groups is 2. The predicted molar refractivity (Wildman–Crippen MR) is 80.0 cm³/mol. The summed E-state index contributed by atoms with van der Waals surface area (Å²) in [4.78, 5) is 23.4. The van der Waals surface area contributed by atoms with Crippen molar-refractivity contribution in [2.24, 2.45) is 0 Å². The standard InChI is InChI=1S/C16H20N2O2/c1-11-13(10-19)12-7-5-6-8-14(12)18(11)9-15(20)17-16(2,3)4/h5-8,10H,9H2,1-4H3,(H,17,20). The first-order chi connectivity index (χ1) is 9.33. The van der Waals surface area contributed by atoms with Crippen LogP contribution >= 0.6 is 0 Å². The third-order valence-electron chi connectivity index (χ3n) is 3.21. The van der Waals surface area contributed by atoms with Gasteiger partial charge in [0.25, 0.3) is 0 Å². The molecular weight excluding hydrogens is 252 g/mol. The van der Waals surface area contributed by atoms with E-state index in [1.165, 1.54) is 0 Å². The van der Waals surface area contributed by atoms with Gasteiger partial charge in [0.2, 0.25) is 5.91 Å². The van der Waals surface area contributed by atoms with E-state index < -0.39 is 0 Å². The topological polar surface area (TPSA) is 51.1 Å². The number of hydrogen-bond acceptors (Lipinski definition) is 2. The lowest BCUT2D eigenvalue weighted by molar-refractivity contribution is -0.123. The van der Waals surface area contributed by atoms with Gasteiger partial charge in [-0.05, 0) is 33.8 Å². The molecule has 0 atom stereocenters. The van der Waals surface area contributed by atoms with Crippen LogP contribution in [0, 0.1) is 6.92 Å². The summed E-state index contributed by atoms with van der Waals surface area (Å²) in [7, 11) is 0. The Morgan fingerprint density at radius 2 is 1.95 bits per heavy atom. The summed E-state index contributed by atoms with van der Waals surface area (Å²) in [5.41, 5.74) is 2.13. The Labute approximate surface area is 118 Å². The van der Waals surface area contributed by atoms with Crippen molar-refractivity contribution in [2.75, 3.05) is 0 Å². The molecule has 0 aliphatic rings. The van der Waals surface area contributed by atoms with Crippen molar-refractivity contribution in [1.82, 2.24) is 9.88 Å². The van der Waals surface area contributed by atoms with Gasteiger partial charge in [-0.15, -0.1) is 0 Å². The normalized spacial score (nSPS) is 11.6. The highest BCUT2D eigenvalue weighted by atomic mass is 16.2. The molecule has 1 heterocycles. The Morgan fingerprint density at radius 1 is 1.30 bits per heavy atom. The van der Waals surface area contributed by atoms with E-state index in [4.69, 9.17) is 0 Å². The first-order valence-corrected chi connectivity index (χ1v) is 6.67. The molecule has 0 aliphatic carbocycles. The van der Waals surface area contributed by atoms with E-state index in [9.17, 15) is 9.59 Å². The van der Waals surface area contributed by atoms with Gasteiger partial charge in [-0.3, -0.25) is 9.59 Å². The molecule has 4 nitrogen and oxygen atoms in total. The number of carbonyl (C=O) groups excluding carboxylic acids is 2. The molecule has 0 bridgehead atoms. The number of nitrogens with one attached hydrogen (secondary N) is 1. The van der Waals surface area contributed by atoms with Gasteiger partial charge in [0.1, 0.15) is 6.54 Å². The smallest absolute Gasteiger partial charge is 0.240 e. The SMILES string of the molecule is Cc1c(C=O)c2ccccc2n1CC(=O)NC(C)(C)C. The van der Waals surface area contributed by atoms with Crippen molar-refractivity contribution in [3.05, 3.63) is 35.5 Å². The molecular formula is C16H20N2O2. The van der Waals surface area contributed by atoms with E-state index in [0.717, 1.165) is 22.9 Å². The minimum Gasteiger partial charge on any atom is -0.350 e. The van der Waals surface area contributed by atoms with Crippen LogP contribution in [0.15, 0.2) is 24.3 Å². The van der Waals surface area contributed by atoms with Crippen molar-refractivity contribution in [3.8, 4) is 0 Å². The Bertz CT molecular complexity index is 663. The van der Waals surface area contributed by atoms with Crippen LogP contribution in [0.3, 0.4) is 0 Å². The first kappa shape index (κ1) is 14.3. The number of hydrogen-bond donors (Lipinski definition) is 1. The van der Waals surface area contributed by atoms with Crippen molar-refractivity contribution < 1.29 is 9.59 Å². The lowest BCUT2D eigenvalue weighted by Gasteiger charge is -2.21. The minimum absolute atomic E-state index is 0.0567. The zero-order valence-electron chi connectivity index (χ0n) is 12.4. The van der Waals surface area contributed by atoms with Crippen LogP contribution in [-0.4, -0.2) is 22.3 Å². The fraction of sp³-hybridized carbons (Fsp3) is 0.375. The molecule has 1 aromatic heterocycles. The molecule has 2 rings (SSSR count). The molecule has 0 saturated heterocycles. The Balaban J connectivity index is 2.42. The third-order valence-corrected chi connectivity index (χ3v) is 3.21. The number of para-hydroxylation sites is 1. The van der Waals surface area contributed by atoms with Gasteiger partial charge in [-0.2, -0.15) is 0 Å². The lowest BCUT2D eigenvalue weighted by atomic mass is 10.1. The molecule has 4 heteroatoms. The van der Waals surface area contributed by atoms with Gasteiger partial charge < -0.3 is 9.88 Å². The summed E-state index contributed by atoms with van der Waals surface area (Å²) >= 11 is 0. The van der Waals surface area contributed by atoms with E-state index in [2.05, 4.69) is 5.32 Å². The van der Waals surface area contributed by atoms with E-state index in [-0.39, 0.29) is 18.0 Å². The first-order valence-electron chi connectivity index (χ1n) is 6.67. The Hall–Kier alpha value is -2.10. The molecule has 0 fully saturated rings. The molecule has 0 unspecified atom stereocenters. The summed E-state index contributed by atoms with van der Waals surface area (Å²) in [5, 5.41) is 3.83. The van der Waals surface area contributed by atoms with Gasteiger partial charge in [0.05, 0.1) is 0 Å². The van der Waals surface area contributed by atoms with Gasteiger partial charge in [-0.25, -0.2) is 0 Å². The number of amides is 1. The second-order valence-electron chi connectivity index (χ2n) is 6.02. The summed E-state index contributed by atoms with van der Waals surface area (Å²) in [5.74, 6) is -0.0567. The quantitative estimate of drug-likeness (QED) is 0.873. The van der Waals surface area contributed by atoms with Crippen LogP contribution in [0.2, 0.25) is 0 Å². The van der Waals surface area contributed by atoms with Crippen LogP contribution in [-0.2, 0) is 11.3 Å². The lowest BCUT2D eigenvalue weighted by Crippen LogP contribution is -2.42. The van der Waals surface area contributed by atoms with E-state index in [1.807, 2.05) is 56.5 Å². The molecule has 0 saturated carbocycles. The van der Waals surface area contributed by atoms with Crippen LogP contribution < -0.4 is 5.32 Å². The van der Waals surface area contributed by atoms with Crippen molar-refractivity contribution in [3.63, 3.8) is 0 Å². The fourth-order valence-corrected chi connectivity index (χ4v) is 2.41. The highest BCUT2D eigenvalue weighted by Crippen LogP contribution is 2.24. The molecule has 1 N–H and O–H groups in total. The fourth-order valence-electron chi connectivity index (χ4n) is 2.41. The van der Waals surface area contributed by atoms with Gasteiger partial charge in [0.15, 0.2) is 6.29 Å². The van der Waals surface area contributed by atoms with Crippen LogP contribution in [0.25, 0.3) is 10.9 Å². The highest BCUT2D eigenvalue weighted by Gasteiger charge is 2.18. The zero-order chi connectivity index (χ0) is 14.9. The largest absolute Gasteiger partial charge is 0.350 e. The van der Waals surface area contributed by atoms with E-state index in [1.54, 1.807) is 0 Å². The number of nitrogens with zero attached hydrogens (tertiary/aromatic N) is 1. The molecule has 0 spiro atoms. The summed E-state index contributed by atoms with van der Waals surface area (Å²) in [6, 6.07) is 7.65. The summed E-state index contributed by atoms with van der Waals surface area (Å²) < 4.78 is 1.89. The number of fused-ring (bicyclic) bond motifs is 1. The van der Waals surface area contributed by atoms with Crippen LogP contribution in [0.5, 0.6) is 0 Å². The molecule has 0 aliphatic heterocycles. The average Bonchev–Trinajstić information content (AvgIpc) is 2.60. The van der Waals surface area contributed by atoms with Crippen LogP contribution in [0.4, 0.5) is 0 Å². The van der Waals surface area contributed by atoms with Gasteiger partial charge in [0, 0.05) is 27.7 Å². The summed E-state index contributed by atoms with van der Waals surface area (Å²) in [6.07, 6.45) is 0.857. The van der Waals surface area contributed by atoms with Gasteiger partial charge in [-0.1, -0.05) is 18.2 Å². The number of rotatable bonds is 3. The van der Waals surface area contributed by atoms with Crippen LogP contribution in [0.1, 0.15) is 36.8 Å². The monoisotopic (exact) mass is 272 g/mol. The van der Waals surface area contributed by atoms with Crippen molar-refractivity contribution in [1.29, 1.82) is 0 Å². The average molecular weight is 272 g/mol. The van der Waals surface area contributed by atoms with E-state index >= 15 is 0 Å². The number of aromatic nitrogens is 1. The Morgan fingerprint density at radius 3 is 2.55 bits per heavy atom. The molecule has 1 aromatic carbocycles. The molecule has 20 heavy (non-hydrogen) atoms. The molecule has 106 valence electrons. The van der Waals surface area contributed by atoms with Crippen molar-refractivity contribution >= 4 is 23.1 Å². The maximum Gasteiger partial charge on any atom is 0.240 e. The summed E-state index contributed by atoms with van der Waals surface area (Å²) in [6.45, 7) is 7.93. The zero-order valence-corrected chi connectivity index (χ0v) is 12.4. The number of benzene rings is 1. The second-order valence-corrected chi connectivity index (χ2v) is 6.02.